The van der Waals surface area contributed by atoms with Gasteiger partial charge in [0, 0.05) is 31.1 Å². The highest BCUT2D eigenvalue weighted by Crippen LogP contribution is 2.29. The average molecular weight is 406 g/mol. The van der Waals surface area contributed by atoms with Crippen LogP contribution in [0.1, 0.15) is 22.9 Å². The molecule has 0 saturated carbocycles. The van der Waals surface area contributed by atoms with Gasteiger partial charge in [0.05, 0.1) is 31.1 Å². The first-order chi connectivity index (χ1) is 12.7. The van der Waals surface area contributed by atoms with Gasteiger partial charge < -0.3 is 15.8 Å². The Balaban J connectivity index is 2.15. The molecule has 11 heteroatoms. The average Bonchev–Trinajstić information content (AvgIpc) is 2.85. The van der Waals surface area contributed by atoms with E-state index >= 15 is 0 Å². The van der Waals surface area contributed by atoms with Gasteiger partial charge in [0.2, 0.25) is 0 Å². The predicted octanol–water partition coefficient (Wildman–Crippen LogP) is 1.11. The molecule has 0 amide bonds. The molecule has 1 aliphatic heterocycles. The normalized spacial score (nSPS) is 15.4. The summed E-state index contributed by atoms with van der Waals surface area (Å²) in [7, 11) is 0. The molecule has 3 heterocycles. The molecular weight excluding hydrogens is 385 g/mol. The van der Waals surface area contributed by atoms with Crippen LogP contribution in [0.3, 0.4) is 0 Å². The van der Waals surface area contributed by atoms with E-state index in [1.165, 1.54) is 11.3 Å². The molecule has 0 unspecified atom stereocenters. The van der Waals surface area contributed by atoms with Gasteiger partial charge in [-0.15, -0.1) is 11.3 Å². The number of fused-ring (bicyclic) bond motifs is 1. The first kappa shape index (κ1) is 20.1. The van der Waals surface area contributed by atoms with E-state index in [0.29, 0.717) is 30.6 Å². The minimum absolute atomic E-state index is 0.202. The molecule has 1 aliphatic rings. The lowest BCUT2D eigenvalue weighted by atomic mass is 10.2. The second kappa shape index (κ2) is 7.74. The Labute approximate surface area is 156 Å². The SMILES string of the molecule is Cc1c(CNCCN)sc2c1c(=O)n(C1COC1)c(=O)n2CCC(F)(F)F. The Hall–Kier alpha value is -1.69. The molecule has 1 saturated heterocycles. The number of nitrogens with zero attached hydrogens (tertiary/aromatic N) is 2. The number of hydrogen-bond acceptors (Lipinski definition) is 6. The van der Waals surface area contributed by atoms with Crippen LogP contribution in [-0.4, -0.2) is 41.6 Å². The second-order valence-electron chi connectivity index (χ2n) is 6.46. The maximum Gasteiger partial charge on any atom is 0.390 e. The molecule has 0 atom stereocenters. The molecule has 0 spiro atoms. The van der Waals surface area contributed by atoms with Crippen molar-refractivity contribution >= 4 is 21.6 Å². The Bertz CT molecular complexity index is 943. The summed E-state index contributed by atoms with van der Waals surface area (Å²) in [5.74, 6) is 0. The highest BCUT2D eigenvalue weighted by molar-refractivity contribution is 7.18. The summed E-state index contributed by atoms with van der Waals surface area (Å²) >= 11 is 1.17. The van der Waals surface area contributed by atoms with E-state index in [9.17, 15) is 22.8 Å². The van der Waals surface area contributed by atoms with Crippen molar-refractivity contribution in [1.82, 2.24) is 14.5 Å². The van der Waals surface area contributed by atoms with Crippen molar-refractivity contribution in [2.75, 3.05) is 26.3 Å². The number of alkyl halides is 3. The van der Waals surface area contributed by atoms with Crippen molar-refractivity contribution in [3.63, 3.8) is 0 Å². The lowest BCUT2D eigenvalue weighted by Crippen LogP contribution is -2.48. The lowest BCUT2D eigenvalue weighted by molar-refractivity contribution is -0.136. The van der Waals surface area contributed by atoms with Crippen LogP contribution < -0.4 is 22.3 Å². The quantitative estimate of drug-likeness (QED) is 0.672. The molecule has 0 radical (unpaired) electrons. The van der Waals surface area contributed by atoms with E-state index in [1.807, 2.05) is 0 Å². The lowest BCUT2D eigenvalue weighted by Gasteiger charge is -2.28. The summed E-state index contributed by atoms with van der Waals surface area (Å²) in [6.45, 7) is 3.07. The van der Waals surface area contributed by atoms with Crippen molar-refractivity contribution < 1.29 is 17.9 Å². The fraction of sp³-hybridized carbons (Fsp3) is 0.625. The Morgan fingerprint density at radius 2 is 2.04 bits per heavy atom. The van der Waals surface area contributed by atoms with Gasteiger partial charge in [-0.3, -0.25) is 13.9 Å². The van der Waals surface area contributed by atoms with Crippen LogP contribution in [0, 0.1) is 6.92 Å². The van der Waals surface area contributed by atoms with Crippen molar-refractivity contribution in [1.29, 1.82) is 0 Å². The molecule has 0 aromatic carbocycles. The molecule has 150 valence electrons. The fourth-order valence-electron chi connectivity index (χ4n) is 3.01. The van der Waals surface area contributed by atoms with E-state index in [2.05, 4.69) is 5.32 Å². The molecular formula is C16H21F3N4O3S. The van der Waals surface area contributed by atoms with Gasteiger partial charge in [0.25, 0.3) is 5.56 Å². The molecule has 2 aromatic heterocycles. The zero-order valence-electron chi connectivity index (χ0n) is 14.8. The number of ether oxygens (including phenoxy) is 1. The van der Waals surface area contributed by atoms with Crippen LogP contribution in [0.25, 0.3) is 10.2 Å². The first-order valence-corrected chi connectivity index (χ1v) is 9.39. The molecule has 1 fully saturated rings. The Morgan fingerprint density at radius 1 is 1.33 bits per heavy atom. The molecule has 2 aromatic rings. The van der Waals surface area contributed by atoms with Crippen LogP contribution in [0.4, 0.5) is 13.2 Å². The molecule has 27 heavy (non-hydrogen) atoms. The number of hydrogen-bond donors (Lipinski definition) is 2. The van der Waals surface area contributed by atoms with Crippen molar-refractivity contribution in [3.8, 4) is 0 Å². The van der Waals surface area contributed by atoms with Gasteiger partial charge >= 0.3 is 11.9 Å². The maximum atomic E-state index is 12.9. The molecule has 3 N–H and O–H groups in total. The van der Waals surface area contributed by atoms with Crippen molar-refractivity contribution in [2.24, 2.45) is 5.73 Å². The summed E-state index contributed by atoms with van der Waals surface area (Å²) in [5.41, 5.74) is 4.95. The van der Waals surface area contributed by atoms with Crippen LogP contribution >= 0.6 is 11.3 Å². The van der Waals surface area contributed by atoms with Gasteiger partial charge in [-0.05, 0) is 12.5 Å². The zero-order chi connectivity index (χ0) is 19.8. The molecule has 0 bridgehead atoms. The van der Waals surface area contributed by atoms with Crippen molar-refractivity contribution in [3.05, 3.63) is 31.3 Å². The number of thiophene rings is 1. The summed E-state index contributed by atoms with van der Waals surface area (Å²) < 4.78 is 45.4. The third kappa shape index (κ3) is 3.96. The number of halogens is 3. The van der Waals surface area contributed by atoms with Gasteiger partial charge in [0.1, 0.15) is 4.83 Å². The van der Waals surface area contributed by atoms with Crippen LogP contribution in [-0.2, 0) is 17.8 Å². The highest BCUT2D eigenvalue weighted by Gasteiger charge is 2.31. The number of nitrogens with one attached hydrogen (secondary N) is 1. The van der Waals surface area contributed by atoms with E-state index in [4.69, 9.17) is 10.5 Å². The summed E-state index contributed by atoms with van der Waals surface area (Å²) in [6.07, 6.45) is -5.54. The van der Waals surface area contributed by atoms with Gasteiger partial charge in [-0.2, -0.15) is 13.2 Å². The van der Waals surface area contributed by atoms with Crippen LogP contribution in [0.15, 0.2) is 9.59 Å². The number of nitrogens with two attached hydrogens (primary N) is 1. The standard InChI is InChI=1S/C16H21F3N4O3S/c1-9-11(6-21-4-3-20)27-14-12(9)13(24)23(10-7-26-8-10)15(25)22(14)5-2-16(17,18)19/h10,21H,2-8,20H2,1H3. The molecule has 7 nitrogen and oxygen atoms in total. The van der Waals surface area contributed by atoms with E-state index in [1.54, 1.807) is 6.92 Å². The highest BCUT2D eigenvalue weighted by atomic mass is 32.1. The van der Waals surface area contributed by atoms with Crippen molar-refractivity contribution in [2.45, 2.75) is 38.7 Å². The minimum atomic E-state index is -4.40. The Kier molecular flexibility index (Phi) is 5.75. The summed E-state index contributed by atoms with van der Waals surface area (Å²) in [6, 6.07) is -0.440. The van der Waals surface area contributed by atoms with Gasteiger partial charge in [0.15, 0.2) is 0 Å². The number of rotatable bonds is 7. The third-order valence-electron chi connectivity index (χ3n) is 4.55. The van der Waals surface area contributed by atoms with E-state index < -0.39 is 36.4 Å². The van der Waals surface area contributed by atoms with E-state index in [-0.39, 0.29) is 18.0 Å². The van der Waals surface area contributed by atoms with Crippen LogP contribution in [0.2, 0.25) is 0 Å². The smallest absolute Gasteiger partial charge is 0.377 e. The largest absolute Gasteiger partial charge is 0.390 e. The Morgan fingerprint density at radius 3 is 2.59 bits per heavy atom. The van der Waals surface area contributed by atoms with E-state index in [0.717, 1.165) is 14.0 Å². The second-order valence-corrected chi connectivity index (χ2v) is 7.55. The third-order valence-corrected chi connectivity index (χ3v) is 5.87. The monoisotopic (exact) mass is 406 g/mol. The molecule has 0 aliphatic carbocycles. The summed E-state index contributed by atoms with van der Waals surface area (Å²) in [4.78, 5) is 26.8. The van der Waals surface area contributed by atoms with Gasteiger partial charge in [-0.25, -0.2) is 4.79 Å². The van der Waals surface area contributed by atoms with Crippen LogP contribution in [0.5, 0.6) is 0 Å². The topological polar surface area (TPSA) is 91.3 Å². The number of aryl methyl sites for hydroxylation is 2. The summed E-state index contributed by atoms with van der Waals surface area (Å²) in [5, 5.41) is 3.42. The number of aromatic nitrogens is 2. The zero-order valence-corrected chi connectivity index (χ0v) is 15.6. The first-order valence-electron chi connectivity index (χ1n) is 8.57. The van der Waals surface area contributed by atoms with Gasteiger partial charge in [-0.1, -0.05) is 0 Å². The maximum absolute atomic E-state index is 12.9. The fourth-order valence-corrected chi connectivity index (χ4v) is 4.30. The minimum Gasteiger partial charge on any atom is -0.377 e. The molecule has 3 rings (SSSR count). The predicted molar refractivity (Wildman–Crippen MR) is 96.4 cm³/mol.